The largest absolute Gasteiger partial charge is 0.369 e. The molecule has 3 heteroatoms. The minimum atomic E-state index is 0.162. The van der Waals surface area contributed by atoms with Gasteiger partial charge in [-0.05, 0) is 38.5 Å². The average Bonchev–Trinajstić information content (AvgIpc) is 2.46. The molecule has 0 unspecified atom stereocenters. The van der Waals surface area contributed by atoms with Gasteiger partial charge in [0.1, 0.15) is 0 Å². The maximum Gasteiger partial charge on any atom is 0.0367 e. The predicted octanol–water partition coefficient (Wildman–Crippen LogP) is 2.75. The van der Waals surface area contributed by atoms with Crippen molar-refractivity contribution in [1.29, 1.82) is 0 Å². The van der Waals surface area contributed by atoms with Gasteiger partial charge in [-0.25, -0.2) is 0 Å². The highest BCUT2D eigenvalue weighted by Crippen LogP contribution is 2.15. The van der Waals surface area contributed by atoms with Crippen LogP contribution in [0, 0.1) is 0 Å². The van der Waals surface area contributed by atoms with E-state index >= 15 is 0 Å². The third-order valence-electron chi connectivity index (χ3n) is 3.81. The normalized spacial score (nSPS) is 17.0. The molecule has 0 amide bonds. The van der Waals surface area contributed by atoms with Gasteiger partial charge in [0, 0.05) is 50.5 Å². The SMILES string of the molecule is C=C(CNC(C)(C)C)CN1CCN(c2ccccc2)CC1. The van der Waals surface area contributed by atoms with Crippen LogP contribution in [0.25, 0.3) is 0 Å². The van der Waals surface area contributed by atoms with Crippen molar-refractivity contribution in [3.05, 3.63) is 42.5 Å². The molecule has 0 aromatic heterocycles. The lowest BCUT2D eigenvalue weighted by Crippen LogP contribution is -2.47. The van der Waals surface area contributed by atoms with Crippen molar-refractivity contribution in [2.45, 2.75) is 26.3 Å². The van der Waals surface area contributed by atoms with Crippen molar-refractivity contribution in [2.75, 3.05) is 44.2 Å². The molecule has 1 aliphatic rings. The Morgan fingerprint density at radius 1 is 1.10 bits per heavy atom. The van der Waals surface area contributed by atoms with Crippen molar-refractivity contribution in [3.8, 4) is 0 Å². The Bertz CT molecular complexity index is 439. The zero-order valence-corrected chi connectivity index (χ0v) is 13.7. The number of nitrogens with zero attached hydrogens (tertiary/aromatic N) is 2. The Hall–Kier alpha value is -1.32. The van der Waals surface area contributed by atoms with E-state index in [4.69, 9.17) is 0 Å². The van der Waals surface area contributed by atoms with E-state index in [1.165, 1.54) is 11.3 Å². The van der Waals surface area contributed by atoms with Gasteiger partial charge in [-0.1, -0.05) is 24.8 Å². The van der Waals surface area contributed by atoms with Gasteiger partial charge in [0.2, 0.25) is 0 Å². The molecule has 1 aromatic rings. The molecule has 1 heterocycles. The summed E-state index contributed by atoms with van der Waals surface area (Å²) >= 11 is 0. The second kappa shape index (κ2) is 7.10. The first-order chi connectivity index (χ1) is 9.94. The Labute approximate surface area is 129 Å². The monoisotopic (exact) mass is 287 g/mol. The van der Waals surface area contributed by atoms with Gasteiger partial charge in [-0.2, -0.15) is 0 Å². The topological polar surface area (TPSA) is 18.5 Å². The first-order valence-electron chi connectivity index (χ1n) is 7.88. The van der Waals surface area contributed by atoms with Crippen LogP contribution in [0.15, 0.2) is 42.5 Å². The number of benzene rings is 1. The molecule has 3 nitrogen and oxygen atoms in total. The van der Waals surface area contributed by atoms with Crippen molar-refractivity contribution in [2.24, 2.45) is 0 Å². The molecule has 0 radical (unpaired) electrons. The van der Waals surface area contributed by atoms with Gasteiger partial charge < -0.3 is 10.2 Å². The van der Waals surface area contributed by atoms with Crippen LogP contribution in [0.5, 0.6) is 0 Å². The summed E-state index contributed by atoms with van der Waals surface area (Å²) in [6, 6.07) is 10.7. The highest BCUT2D eigenvalue weighted by atomic mass is 15.3. The molecule has 21 heavy (non-hydrogen) atoms. The fourth-order valence-corrected chi connectivity index (χ4v) is 2.57. The van der Waals surface area contributed by atoms with E-state index < -0.39 is 0 Å². The van der Waals surface area contributed by atoms with Gasteiger partial charge in [0.05, 0.1) is 0 Å². The summed E-state index contributed by atoms with van der Waals surface area (Å²) in [5, 5.41) is 3.51. The average molecular weight is 287 g/mol. The number of hydrogen-bond acceptors (Lipinski definition) is 3. The Morgan fingerprint density at radius 2 is 1.71 bits per heavy atom. The number of piperazine rings is 1. The molecule has 0 bridgehead atoms. The summed E-state index contributed by atoms with van der Waals surface area (Å²) in [6.45, 7) is 17.1. The summed E-state index contributed by atoms with van der Waals surface area (Å²) in [4.78, 5) is 4.97. The smallest absolute Gasteiger partial charge is 0.0367 e. The number of hydrogen-bond donors (Lipinski definition) is 1. The quantitative estimate of drug-likeness (QED) is 0.840. The molecule has 1 saturated heterocycles. The summed E-state index contributed by atoms with van der Waals surface area (Å²) in [6.07, 6.45) is 0. The fourth-order valence-electron chi connectivity index (χ4n) is 2.57. The highest BCUT2D eigenvalue weighted by Gasteiger charge is 2.18. The van der Waals surface area contributed by atoms with Crippen LogP contribution in [0.1, 0.15) is 20.8 Å². The van der Waals surface area contributed by atoms with E-state index in [9.17, 15) is 0 Å². The van der Waals surface area contributed by atoms with E-state index in [0.717, 1.165) is 39.3 Å². The third-order valence-corrected chi connectivity index (χ3v) is 3.81. The molecule has 1 aromatic carbocycles. The molecule has 116 valence electrons. The zero-order valence-electron chi connectivity index (χ0n) is 13.7. The molecule has 1 fully saturated rings. The van der Waals surface area contributed by atoms with E-state index in [-0.39, 0.29) is 5.54 Å². The van der Waals surface area contributed by atoms with Crippen molar-refractivity contribution >= 4 is 5.69 Å². The van der Waals surface area contributed by atoms with Crippen LogP contribution in [-0.4, -0.2) is 49.7 Å². The first-order valence-corrected chi connectivity index (χ1v) is 7.88. The third kappa shape index (κ3) is 5.52. The lowest BCUT2D eigenvalue weighted by Gasteiger charge is -2.36. The molecular formula is C18H29N3. The van der Waals surface area contributed by atoms with Crippen LogP contribution >= 0.6 is 0 Å². The zero-order chi connectivity index (χ0) is 15.3. The second-order valence-corrected chi connectivity index (χ2v) is 6.95. The van der Waals surface area contributed by atoms with Gasteiger partial charge in [-0.3, -0.25) is 4.90 Å². The molecule has 1 N–H and O–H groups in total. The maximum atomic E-state index is 4.21. The molecule has 0 saturated carbocycles. The number of rotatable bonds is 5. The number of para-hydroxylation sites is 1. The maximum absolute atomic E-state index is 4.21. The van der Waals surface area contributed by atoms with Gasteiger partial charge in [-0.15, -0.1) is 0 Å². The Kier molecular flexibility index (Phi) is 5.43. The molecule has 2 rings (SSSR count). The van der Waals surface area contributed by atoms with Crippen LogP contribution in [0.4, 0.5) is 5.69 Å². The summed E-state index contributed by atoms with van der Waals surface area (Å²) in [5.41, 5.74) is 2.78. The Balaban J connectivity index is 1.73. The van der Waals surface area contributed by atoms with Gasteiger partial charge in [0.25, 0.3) is 0 Å². The van der Waals surface area contributed by atoms with Crippen molar-refractivity contribution in [3.63, 3.8) is 0 Å². The van der Waals surface area contributed by atoms with Gasteiger partial charge >= 0.3 is 0 Å². The summed E-state index contributed by atoms with van der Waals surface area (Å²) in [7, 11) is 0. The van der Waals surface area contributed by atoms with Crippen LogP contribution < -0.4 is 10.2 Å². The van der Waals surface area contributed by atoms with E-state index in [1.807, 2.05) is 0 Å². The Morgan fingerprint density at radius 3 is 2.29 bits per heavy atom. The highest BCUT2D eigenvalue weighted by molar-refractivity contribution is 5.46. The minimum absolute atomic E-state index is 0.162. The minimum Gasteiger partial charge on any atom is -0.369 e. The van der Waals surface area contributed by atoms with E-state index in [2.05, 4.69) is 72.8 Å². The molecule has 0 aliphatic carbocycles. The van der Waals surface area contributed by atoms with Crippen LogP contribution in [0.2, 0.25) is 0 Å². The van der Waals surface area contributed by atoms with Crippen molar-refractivity contribution in [1.82, 2.24) is 10.2 Å². The van der Waals surface area contributed by atoms with E-state index in [0.29, 0.717) is 0 Å². The second-order valence-electron chi connectivity index (χ2n) is 6.95. The molecule has 0 spiro atoms. The lowest BCUT2D eigenvalue weighted by atomic mass is 10.1. The van der Waals surface area contributed by atoms with Crippen LogP contribution in [0.3, 0.4) is 0 Å². The number of nitrogens with one attached hydrogen (secondary N) is 1. The van der Waals surface area contributed by atoms with Crippen LogP contribution in [-0.2, 0) is 0 Å². The van der Waals surface area contributed by atoms with E-state index in [1.54, 1.807) is 0 Å². The number of anilines is 1. The predicted molar refractivity (Wildman–Crippen MR) is 92.0 cm³/mol. The summed E-state index contributed by atoms with van der Waals surface area (Å²) < 4.78 is 0. The molecule has 0 atom stereocenters. The lowest BCUT2D eigenvalue weighted by molar-refractivity contribution is 0.275. The molecular weight excluding hydrogens is 258 g/mol. The first kappa shape index (κ1) is 16.1. The molecule has 1 aliphatic heterocycles. The van der Waals surface area contributed by atoms with Crippen molar-refractivity contribution < 1.29 is 0 Å². The summed E-state index contributed by atoms with van der Waals surface area (Å²) in [5.74, 6) is 0. The van der Waals surface area contributed by atoms with Gasteiger partial charge in [0.15, 0.2) is 0 Å². The standard InChI is InChI=1S/C18H29N3/c1-16(14-19-18(2,3)4)15-20-10-12-21(13-11-20)17-8-6-5-7-9-17/h5-9,19H,1,10-15H2,2-4H3. The fraction of sp³-hybridized carbons (Fsp3) is 0.556.